The highest BCUT2D eigenvalue weighted by Gasteiger charge is 2.65. The maximum atomic E-state index is 12.8. The number of ether oxygens (including phenoxy) is 3. The van der Waals surface area contributed by atoms with E-state index in [1.807, 2.05) is 0 Å². The highest BCUT2D eigenvalue weighted by molar-refractivity contribution is 5.76. The molecular weight excluding hydrogens is 594 g/mol. The van der Waals surface area contributed by atoms with Crippen LogP contribution in [-0.2, 0) is 14.3 Å². The third-order valence-electron chi connectivity index (χ3n) is 12.7. The fraction of sp³-hybridized carbons (Fsp3) is 0.791. The van der Waals surface area contributed by atoms with Gasteiger partial charge in [-0.05, 0) is 92.4 Å². The number of hydrogen-bond acceptors (Lipinski definition) is 4. The molecule has 0 unspecified atom stereocenters. The number of nitrogens with zero attached hydrogens (tertiary/aromatic N) is 1. The lowest BCUT2D eigenvalue weighted by Gasteiger charge is -2.56. The van der Waals surface area contributed by atoms with Crippen molar-refractivity contribution in [3.05, 3.63) is 34.9 Å². The molecule has 1 saturated heterocycles. The molecule has 4 aliphatic rings. The third-order valence-corrected chi connectivity index (χ3v) is 12.7. The first-order valence-corrected chi connectivity index (χ1v) is 20.1. The summed E-state index contributed by atoms with van der Waals surface area (Å²) >= 11 is 0. The topological polar surface area (TPSA) is 48.0 Å². The van der Waals surface area contributed by atoms with E-state index in [0.29, 0.717) is 23.7 Å². The summed E-state index contributed by atoms with van der Waals surface area (Å²) in [5.74, 6) is 2.68. The first-order valence-electron chi connectivity index (χ1n) is 20.1. The predicted molar refractivity (Wildman–Crippen MR) is 198 cm³/mol. The number of fused-ring (bicyclic) bond motifs is 6. The number of benzene rings is 1. The van der Waals surface area contributed by atoms with Crippen molar-refractivity contribution in [3.63, 3.8) is 0 Å². The zero-order valence-corrected chi connectivity index (χ0v) is 31.7. The van der Waals surface area contributed by atoms with Gasteiger partial charge in [-0.1, -0.05) is 104 Å². The van der Waals surface area contributed by atoms with Gasteiger partial charge >= 0.3 is 0 Å². The summed E-state index contributed by atoms with van der Waals surface area (Å²) < 4.78 is 19.2. The molecule has 4 atom stereocenters. The first-order chi connectivity index (χ1) is 23.2. The van der Waals surface area contributed by atoms with Gasteiger partial charge in [0.05, 0.1) is 20.3 Å². The van der Waals surface area contributed by atoms with E-state index in [2.05, 4.69) is 63.8 Å². The summed E-state index contributed by atoms with van der Waals surface area (Å²) in [6.07, 6.45) is 23.6. The second-order valence-electron chi connectivity index (χ2n) is 16.9. The van der Waals surface area contributed by atoms with Crippen molar-refractivity contribution in [1.29, 1.82) is 0 Å². The van der Waals surface area contributed by atoms with Crippen LogP contribution in [0.5, 0.6) is 5.75 Å². The van der Waals surface area contributed by atoms with Gasteiger partial charge in [0, 0.05) is 36.8 Å². The van der Waals surface area contributed by atoms with Crippen molar-refractivity contribution in [2.75, 3.05) is 33.4 Å². The molecule has 1 aliphatic heterocycles. The van der Waals surface area contributed by atoms with Crippen LogP contribution in [0.4, 0.5) is 0 Å². The van der Waals surface area contributed by atoms with E-state index in [0.717, 1.165) is 77.0 Å². The minimum Gasteiger partial charge on any atom is -0.497 e. The Balaban J connectivity index is 1.11. The van der Waals surface area contributed by atoms with Gasteiger partial charge in [0.1, 0.15) is 5.75 Å². The fourth-order valence-corrected chi connectivity index (χ4v) is 9.71. The number of methoxy groups -OCH3 is 1. The van der Waals surface area contributed by atoms with Crippen LogP contribution in [-0.4, -0.2) is 50.0 Å². The number of allylic oxidation sites excluding steroid dienone is 1. The summed E-state index contributed by atoms with van der Waals surface area (Å²) in [6.45, 7) is 14.9. The van der Waals surface area contributed by atoms with E-state index in [9.17, 15) is 4.79 Å². The lowest BCUT2D eigenvalue weighted by Crippen LogP contribution is -2.58. The number of carbonyl (C=O) groups excluding carboxylic acids is 1. The average Bonchev–Trinajstić information content (AvgIpc) is 3.37. The number of hydrogen-bond donors (Lipinski definition) is 0. The van der Waals surface area contributed by atoms with Crippen LogP contribution in [0.1, 0.15) is 167 Å². The number of rotatable bonds is 18. The van der Waals surface area contributed by atoms with Crippen molar-refractivity contribution in [2.45, 2.75) is 162 Å². The molecule has 5 nitrogen and oxygen atoms in total. The Bertz CT molecular complexity index is 1200. The molecule has 2 saturated carbocycles. The lowest BCUT2D eigenvalue weighted by molar-refractivity contribution is -0.344. The van der Waals surface area contributed by atoms with E-state index < -0.39 is 5.79 Å². The third kappa shape index (κ3) is 8.36. The number of amides is 1. The normalized spacial score (nSPS) is 26.8. The molecular formula is C43H69NO4. The van der Waals surface area contributed by atoms with Crippen LogP contribution in [0.2, 0.25) is 0 Å². The Hall–Kier alpha value is -1.85. The molecule has 5 heteroatoms. The monoisotopic (exact) mass is 664 g/mol. The number of unbranched alkanes of at least 4 members (excludes halogenated alkanes) is 9. The van der Waals surface area contributed by atoms with Crippen LogP contribution < -0.4 is 4.74 Å². The van der Waals surface area contributed by atoms with Gasteiger partial charge in [-0.15, -0.1) is 0 Å². The largest absolute Gasteiger partial charge is 0.497 e. The van der Waals surface area contributed by atoms with Gasteiger partial charge in [0.25, 0.3) is 0 Å². The summed E-state index contributed by atoms with van der Waals surface area (Å²) in [4.78, 5) is 14.9. The van der Waals surface area contributed by atoms with Crippen LogP contribution in [0.25, 0.3) is 6.08 Å². The second-order valence-corrected chi connectivity index (χ2v) is 16.9. The summed E-state index contributed by atoms with van der Waals surface area (Å²) in [7, 11) is 1.78. The predicted octanol–water partition coefficient (Wildman–Crippen LogP) is 11.1. The molecule has 1 amide bonds. The number of carbonyl (C=O) groups is 1. The Morgan fingerprint density at radius 1 is 0.854 bits per heavy atom. The summed E-state index contributed by atoms with van der Waals surface area (Å²) in [5.41, 5.74) is 4.72. The smallest absolute Gasteiger partial charge is 0.222 e. The molecule has 1 aromatic rings. The minimum absolute atomic E-state index is 0.0572. The molecule has 0 aromatic heterocycles. The van der Waals surface area contributed by atoms with E-state index in [4.69, 9.17) is 14.2 Å². The van der Waals surface area contributed by atoms with Crippen LogP contribution in [0.15, 0.2) is 23.8 Å². The molecule has 0 radical (unpaired) electrons. The maximum Gasteiger partial charge on any atom is 0.222 e. The second kappa shape index (κ2) is 16.9. The zero-order valence-electron chi connectivity index (χ0n) is 31.7. The van der Waals surface area contributed by atoms with Crippen LogP contribution in [0.3, 0.4) is 0 Å². The highest BCUT2D eigenvalue weighted by atomic mass is 16.7. The van der Waals surface area contributed by atoms with E-state index in [1.165, 1.54) is 81.8 Å². The van der Waals surface area contributed by atoms with Crippen molar-refractivity contribution in [2.24, 2.45) is 22.7 Å². The molecule has 1 heterocycles. The minimum atomic E-state index is -0.416. The molecule has 1 aromatic carbocycles. The van der Waals surface area contributed by atoms with Crippen LogP contribution in [0, 0.1) is 22.7 Å². The quantitative estimate of drug-likeness (QED) is 0.147. The molecule has 270 valence electrons. The maximum absolute atomic E-state index is 12.8. The molecule has 0 bridgehead atoms. The van der Waals surface area contributed by atoms with Gasteiger partial charge < -0.3 is 19.1 Å². The van der Waals surface area contributed by atoms with Crippen molar-refractivity contribution in [1.82, 2.24) is 4.90 Å². The molecule has 0 N–H and O–H groups in total. The SMILES string of the molecule is CCCCN(CCCC)C(=O)CCCCCCCCCCC1=Cc2cc(OC)ccc2[C@H]2CC[C@@]3(C)[C@@H](CCC34OCC(C)(C)CO4)[C@H]12. The van der Waals surface area contributed by atoms with Crippen molar-refractivity contribution < 1.29 is 19.0 Å². The zero-order chi connectivity index (χ0) is 34.2. The fourth-order valence-electron chi connectivity index (χ4n) is 9.71. The Labute approximate surface area is 293 Å². The Kier molecular flexibility index (Phi) is 13.2. The van der Waals surface area contributed by atoms with Gasteiger partial charge in [0.15, 0.2) is 5.79 Å². The van der Waals surface area contributed by atoms with Crippen LogP contribution >= 0.6 is 0 Å². The molecule has 48 heavy (non-hydrogen) atoms. The summed E-state index contributed by atoms with van der Waals surface area (Å²) in [5, 5.41) is 0. The van der Waals surface area contributed by atoms with Crippen molar-refractivity contribution >= 4 is 12.0 Å². The Morgan fingerprint density at radius 3 is 2.15 bits per heavy atom. The van der Waals surface area contributed by atoms with Gasteiger partial charge in [-0.25, -0.2) is 0 Å². The molecule has 3 fully saturated rings. The molecule has 5 rings (SSSR count). The standard InChI is InChI=1S/C43H69NO4/c1-7-9-27-44(28-10-8-2)39(45)20-18-16-14-12-11-13-15-17-19-33-29-34-30-35(46-6)21-22-36(34)37-23-25-42(5)38(40(33)37)24-26-43(42)47-31-41(3,4)32-48-43/h21-22,29-30,37-38,40H,7-20,23-28,31-32H2,1-6H3/t37-,38+,40-,42+/m1/s1. The average molecular weight is 664 g/mol. The van der Waals surface area contributed by atoms with E-state index in [1.54, 1.807) is 12.7 Å². The van der Waals surface area contributed by atoms with E-state index >= 15 is 0 Å². The van der Waals surface area contributed by atoms with E-state index in [-0.39, 0.29) is 10.8 Å². The Morgan fingerprint density at radius 2 is 1.50 bits per heavy atom. The first kappa shape index (κ1) is 37.4. The van der Waals surface area contributed by atoms with Crippen molar-refractivity contribution in [3.8, 4) is 5.75 Å². The summed E-state index contributed by atoms with van der Waals surface area (Å²) in [6, 6.07) is 6.79. The van der Waals surface area contributed by atoms with Gasteiger partial charge in [-0.3, -0.25) is 4.79 Å². The van der Waals surface area contributed by atoms with Gasteiger partial charge in [0.2, 0.25) is 5.91 Å². The highest BCUT2D eigenvalue weighted by Crippen LogP contribution is 2.67. The van der Waals surface area contributed by atoms with Gasteiger partial charge in [-0.2, -0.15) is 0 Å². The molecule has 1 spiro atoms. The lowest BCUT2D eigenvalue weighted by atomic mass is 9.54. The molecule has 3 aliphatic carbocycles.